The maximum Gasteiger partial charge on any atom is 0.160 e. The van der Waals surface area contributed by atoms with Gasteiger partial charge < -0.3 is 13.6 Å². The van der Waals surface area contributed by atoms with Gasteiger partial charge in [0.15, 0.2) is 11.6 Å². The Bertz CT molecular complexity index is 3280. The van der Waals surface area contributed by atoms with Gasteiger partial charge in [-0.1, -0.05) is 146 Å². The van der Waals surface area contributed by atoms with Crippen molar-refractivity contribution in [2.24, 2.45) is 0 Å². The summed E-state index contributed by atoms with van der Waals surface area (Å²) in [5.74, 6) is 1.30. The summed E-state index contributed by atoms with van der Waals surface area (Å²) in [7, 11) is 0. The Morgan fingerprint density at radius 3 is 1.36 bits per heavy atom. The molecule has 12 aromatic rings. The molecule has 276 valence electrons. The number of fused-ring (bicyclic) bond motifs is 7. The topological polar surface area (TPSA) is 48.8 Å². The predicted octanol–water partition coefficient (Wildman–Crippen LogP) is 14.1. The molecule has 0 bridgehead atoms. The molecule has 8 aromatic carbocycles. The van der Waals surface area contributed by atoms with E-state index in [1.165, 1.54) is 27.1 Å². The first-order valence-electron chi connectivity index (χ1n) is 19.9. The molecule has 59 heavy (non-hydrogen) atoms. The molecule has 0 aliphatic heterocycles. The minimum atomic E-state index is 0.606. The third-order valence-electron chi connectivity index (χ3n) is 11.5. The van der Waals surface area contributed by atoms with Crippen LogP contribution in [-0.4, -0.2) is 19.1 Å². The lowest BCUT2D eigenvalue weighted by Gasteiger charge is -2.16. The van der Waals surface area contributed by atoms with Crippen LogP contribution in [0.2, 0.25) is 0 Å². The Balaban J connectivity index is 1.14. The van der Waals surface area contributed by atoms with E-state index in [9.17, 15) is 0 Å². The smallest absolute Gasteiger partial charge is 0.160 e. The van der Waals surface area contributed by atoms with E-state index in [2.05, 4.69) is 185 Å². The van der Waals surface area contributed by atoms with Crippen molar-refractivity contribution in [3.05, 3.63) is 206 Å². The van der Waals surface area contributed by atoms with Crippen molar-refractivity contribution in [2.45, 2.75) is 0 Å². The molecule has 0 saturated carbocycles. The maximum atomic E-state index is 6.47. The Hall–Kier alpha value is -8.02. The maximum absolute atomic E-state index is 6.47. The summed E-state index contributed by atoms with van der Waals surface area (Å²) >= 11 is 0. The second-order valence-electron chi connectivity index (χ2n) is 15.0. The van der Waals surface area contributed by atoms with Gasteiger partial charge in [-0.05, 0) is 71.8 Å². The van der Waals surface area contributed by atoms with Crippen LogP contribution in [0.4, 0.5) is 0 Å². The van der Waals surface area contributed by atoms with Crippen molar-refractivity contribution in [3.8, 4) is 56.6 Å². The van der Waals surface area contributed by atoms with E-state index >= 15 is 0 Å². The average Bonchev–Trinajstić information content (AvgIpc) is 4.00. The molecule has 0 N–H and O–H groups in total. The number of rotatable bonds is 6. The molecule has 0 aliphatic rings. The summed E-state index contributed by atoms with van der Waals surface area (Å²) in [5.41, 5.74) is 13.1. The van der Waals surface area contributed by atoms with Gasteiger partial charge in [0.2, 0.25) is 0 Å². The third kappa shape index (κ3) is 5.47. The Labute approximate surface area is 339 Å². The van der Waals surface area contributed by atoms with E-state index in [1.54, 1.807) is 0 Å². The van der Waals surface area contributed by atoms with E-state index in [1.807, 2.05) is 30.3 Å². The fraction of sp³-hybridized carbons (Fsp3) is 0. The van der Waals surface area contributed by atoms with E-state index in [-0.39, 0.29) is 0 Å². The van der Waals surface area contributed by atoms with Gasteiger partial charge in [0, 0.05) is 49.4 Å². The number of furan rings is 1. The number of para-hydroxylation sites is 5. The van der Waals surface area contributed by atoms with Crippen molar-refractivity contribution in [1.82, 2.24) is 19.1 Å². The SMILES string of the molecule is c1ccc(-c2ccc(-c3cc(-c4cc5ccccc5o4)nc(-c4cc(-n5c6ccccc6c6ccccc65)cc(-n5c6ccccc6c6ccccc65)c4)n3)cc2)cc1. The van der Waals surface area contributed by atoms with Gasteiger partial charge in [-0.25, -0.2) is 9.97 Å². The van der Waals surface area contributed by atoms with Crippen molar-refractivity contribution in [2.75, 3.05) is 0 Å². The molecule has 0 atom stereocenters. The van der Waals surface area contributed by atoms with Gasteiger partial charge in [-0.3, -0.25) is 0 Å². The van der Waals surface area contributed by atoms with Gasteiger partial charge in [0.05, 0.1) is 27.8 Å². The minimum absolute atomic E-state index is 0.606. The van der Waals surface area contributed by atoms with Crippen LogP contribution in [0.5, 0.6) is 0 Å². The molecule has 5 heteroatoms. The normalized spacial score (nSPS) is 11.7. The lowest BCUT2D eigenvalue weighted by Crippen LogP contribution is -2.02. The number of hydrogen-bond acceptors (Lipinski definition) is 3. The summed E-state index contributed by atoms with van der Waals surface area (Å²) in [4.78, 5) is 10.7. The lowest BCUT2D eigenvalue weighted by atomic mass is 10.0. The Kier molecular flexibility index (Phi) is 7.47. The molecule has 12 rings (SSSR count). The first-order chi connectivity index (χ1) is 29.2. The molecule has 4 aromatic heterocycles. The summed E-state index contributed by atoms with van der Waals surface area (Å²) in [5, 5.41) is 5.85. The lowest BCUT2D eigenvalue weighted by molar-refractivity contribution is 0.628. The quantitative estimate of drug-likeness (QED) is 0.170. The van der Waals surface area contributed by atoms with Crippen molar-refractivity contribution in [3.63, 3.8) is 0 Å². The van der Waals surface area contributed by atoms with Gasteiger partial charge in [0.1, 0.15) is 11.3 Å². The summed E-state index contributed by atoms with van der Waals surface area (Å²) in [6.45, 7) is 0. The molecule has 0 saturated heterocycles. The van der Waals surface area contributed by atoms with E-state index in [0.29, 0.717) is 17.3 Å². The van der Waals surface area contributed by atoms with Crippen LogP contribution >= 0.6 is 0 Å². The number of hydrogen-bond donors (Lipinski definition) is 0. The second-order valence-corrected chi connectivity index (χ2v) is 15.0. The number of aromatic nitrogens is 4. The second kappa shape index (κ2) is 13.3. The van der Waals surface area contributed by atoms with Crippen molar-refractivity contribution in [1.29, 1.82) is 0 Å². The predicted molar refractivity (Wildman–Crippen MR) is 242 cm³/mol. The Morgan fingerprint density at radius 1 is 0.339 bits per heavy atom. The van der Waals surface area contributed by atoms with Crippen molar-refractivity contribution < 1.29 is 4.42 Å². The highest BCUT2D eigenvalue weighted by molar-refractivity contribution is 6.10. The van der Waals surface area contributed by atoms with Crippen LogP contribution in [0.15, 0.2) is 211 Å². The monoisotopic (exact) mass is 754 g/mol. The number of nitrogens with zero attached hydrogens (tertiary/aromatic N) is 4. The standard InChI is InChI=1S/C54H34N4O/c1-2-14-35(15-3-1)36-26-28-37(29-27-36)46-34-47(53-32-38-16-4-13-25-52(38)59-53)56-54(55-46)39-30-40(57-48-21-9-5-17-42(48)43-18-6-10-22-49(43)57)33-41(31-39)58-50-23-11-7-19-44(50)45-20-8-12-24-51(45)58/h1-34H. The van der Waals surface area contributed by atoms with Gasteiger partial charge in [0.25, 0.3) is 0 Å². The molecule has 5 nitrogen and oxygen atoms in total. The highest BCUT2D eigenvalue weighted by atomic mass is 16.3. The highest BCUT2D eigenvalue weighted by Crippen LogP contribution is 2.39. The van der Waals surface area contributed by atoms with Gasteiger partial charge >= 0.3 is 0 Å². The van der Waals surface area contributed by atoms with Gasteiger partial charge in [-0.15, -0.1) is 0 Å². The molecule has 0 radical (unpaired) electrons. The van der Waals surface area contributed by atoms with Gasteiger partial charge in [-0.2, -0.15) is 0 Å². The van der Waals surface area contributed by atoms with Crippen LogP contribution in [0.25, 0.3) is 111 Å². The fourth-order valence-electron chi connectivity index (χ4n) is 8.81. The molecule has 0 spiro atoms. The molecule has 0 fully saturated rings. The summed E-state index contributed by atoms with van der Waals surface area (Å²) < 4.78 is 11.2. The zero-order chi connectivity index (χ0) is 38.9. The van der Waals surface area contributed by atoms with Crippen molar-refractivity contribution >= 4 is 54.6 Å². The molecule has 0 unspecified atom stereocenters. The van der Waals surface area contributed by atoms with Crippen LogP contribution in [-0.2, 0) is 0 Å². The summed E-state index contributed by atoms with van der Waals surface area (Å²) in [6, 6.07) is 72.6. The average molecular weight is 755 g/mol. The number of benzene rings is 8. The molecular formula is C54H34N4O. The zero-order valence-corrected chi connectivity index (χ0v) is 31.8. The fourth-order valence-corrected chi connectivity index (χ4v) is 8.81. The van der Waals surface area contributed by atoms with Crippen LogP contribution < -0.4 is 0 Å². The largest absolute Gasteiger partial charge is 0.454 e. The Morgan fingerprint density at radius 2 is 0.797 bits per heavy atom. The molecule has 4 heterocycles. The van der Waals surface area contributed by atoms with E-state index in [0.717, 1.165) is 66.8 Å². The zero-order valence-electron chi connectivity index (χ0n) is 31.8. The summed E-state index contributed by atoms with van der Waals surface area (Å²) in [6.07, 6.45) is 0. The first-order valence-corrected chi connectivity index (χ1v) is 19.9. The molecular weight excluding hydrogens is 721 g/mol. The van der Waals surface area contributed by atoms with Crippen LogP contribution in [0, 0.1) is 0 Å². The molecule has 0 amide bonds. The van der Waals surface area contributed by atoms with Crippen LogP contribution in [0.1, 0.15) is 0 Å². The minimum Gasteiger partial charge on any atom is -0.454 e. The first kappa shape index (κ1) is 33.2. The molecule has 0 aliphatic carbocycles. The highest BCUT2D eigenvalue weighted by Gasteiger charge is 2.20. The van der Waals surface area contributed by atoms with E-state index in [4.69, 9.17) is 14.4 Å². The third-order valence-corrected chi connectivity index (χ3v) is 11.5. The van der Waals surface area contributed by atoms with Crippen LogP contribution in [0.3, 0.4) is 0 Å². The van der Waals surface area contributed by atoms with E-state index < -0.39 is 0 Å².